The van der Waals surface area contributed by atoms with E-state index in [1.165, 1.54) is 24.0 Å². The highest BCUT2D eigenvalue weighted by Crippen LogP contribution is 2.47. The number of rotatable bonds is 2. The Morgan fingerprint density at radius 2 is 1.84 bits per heavy atom. The van der Waals surface area contributed by atoms with E-state index >= 15 is 0 Å². The normalized spacial score (nSPS) is 32.6. The van der Waals surface area contributed by atoms with Crippen LogP contribution in [-0.2, 0) is 9.22 Å². The van der Waals surface area contributed by atoms with E-state index in [1.54, 1.807) is 11.1 Å². The molecule has 0 aromatic heterocycles. The quantitative estimate of drug-likeness (QED) is 0.449. The molecule has 0 amide bonds. The molecule has 3 heteroatoms. The van der Waals surface area contributed by atoms with Crippen LogP contribution in [0.1, 0.15) is 60.3 Å². The van der Waals surface area contributed by atoms with Gasteiger partial charge < -0.3 is 4.43 Å². The summed E-state index contributed by atoms with van der Waals surface area (Å²) in [5.74, 6) is 1.34. The molecule has 0 aromatic carbocycles. The molecule has 3 aliphatic carbocycles. The molecular formula is C22H34O2Si. The van der Waals surface area contributed by atoms with Crippen LogP contribution in [0.5, 0.6) is 0 Å². The summed E-state index contributed by atoms with van der Waals surface area (Å²) in [4.78, 5) is 12.1. The van der Waals surface area contributed by atoms with Crippen molar-refractivity contribution in [3.05, 3.63) is 34.4 Å². The lowest BCUT2D eigenvalue weighted by atomic mass is 9.78. The number of ketones is 1. The molecule has 0 saturated carbocycles. The van der Waals surface area contributed by atoms with E-state index < -0.39 is 8.32 Å². The molecule has 2 nitrogen and oxygen atoms in total. The Hall–Kier alpha value is -0.933. The van der Waals surface area contributed by atoms with Crippen molar-refractivity contribution in [3.8, 4) is 0 Å². The topological polar surface area (TPSA) is 26.3 Å². The first kappa shape index (κ1) is 18.8. The molecule has 138 valence electrons. The Morgan fingerprint density at radius 3 is 2.48 bits per heavy atom. The minimum atomic E-state index is -1.86. The molecule has 0 radical (unpaired) electrons. The maximum absolute atomic E-state index is 12.1. The lowest BCUT2D eigenvalue weighted by molar-refractivity contribution is -0.113. The van der Waals surface area contributed by atoms with Gasteiger partial charge in [0.15, 0.2) is 14.1 Å². The molecule has 0 heterocycles. The predicted molar refractivity (Wildman–Crippen MR) is 107 cm³/mol. The summed E-state index contributed by atoms with van der Waals surface area (Å²) in [7, 11) is -1.86. The fourth-order valence-corrected chi connectivity index (χ4v) is 5.61. The number of fused-ring (bicyclic) bond motifs is 2. The summed E-state index contributed by atoms with van der Waals surface area (Å²) in [5.41, 5.74) is 5.61. The standard InChI is InChI=1S/C22H34O2Si/c1-14-8-9-19-15(2)21(24-25(6,7)22(3,4)5)13-17-11-18(23)10-16(17)12-20(14)19/h10,13,15,19,21H,8-9,11-12H2,1-7H3/b17-13-/t15-,19+,21-/m1/s1. The predicted octanol–water partition coefficient (Wildman–Crippen LogP) is 5.97. The highest BCUT2D eigenvalue weighted by atomic mass is 28.4. The summed E-state index contributed by atoms with van der Waals surface area (Å²) in [6.07, 6.45) is 8.31. The third-order valence-corrected chi connectivity index (χ3v) is 11.5. The first-order valence-corrected chi connectivity index (χ1v) is 12.7. The average molecular weight is 359 g/mol. The van der Waals surface area contributed by atoms with Crippen molar-refractivity contribution >= 4 is 14.1 Å². The van der Waals surface area contributed by atoms with E-state index in [1.807, 2.05) is 6.08 Å². The zero-order valence-electron chi connectivity index (χ0n) is 17.0. The van der Waals surface area contributed by atoms with Gasteiger partial charge in [-0.05, 0) is 73.4 Å². The molecule has 0 aromatic rings. The van der Waals surface area contributed by atoms with Crippen molar-refractivity contribution in [2.45, 2.75) is 84.5 Å². The van der Waals surface area contributed by atoms with Crippen LogP contribution in [0.25, 0.3) is 0 Å². The third-order valence-electron chi connectivity index (χ3n) is 7.07. The molecule has 0 aliphatic heterocycles. The number of allylic oxidation sites excluding steroid dienone is 5. The molecule has 0 spiro atoms. The van der Waals surface area contributed by atoms with Crippen LogP contribution in [0.2, 0.25) is 18.1 Å². The first-order valence-electron chi connectivity index (χ1n) is 9.80. The summed E-state index contributed by atoms with van der Waals surface area (Å²) in [5, 5.41) is 0.196. The van der Waals surface area contributed by atoms with E-state index in [2.05, 4.69) is 53.8 Å². The first-order chi connectivity index (χ1) is 11.5. The maximum Gasteiger partial charge on any atom is 0.192 e. The van der Waals surface area contributed by atoms with Gasteiger partial charge >= 0.3 is 0 Å². The van der Waals surface area contributed by atoms with Gasteiger partial charge in [-0.1, -0.05) is 44.9 Å². The van der Waals surface area contributed by atoms with Crippen molar-refractivity contribution in [1.29, 1.82) is 0 Å². The highest BCUT2D eigenvalue weighted by molar-refractivity contribution is 6.74. The monoisotopic (exact) mass is 358 g/mol. The molecule has 3 aliphatic rings. The Bertz CT molecular complexity index is 673. The summed E-state index contributed by atoms with van der Waals surface area (Å²) >= 11 is 0. The summed E-state index contributed by atoms with van der Waals surface area (Å²) in [6, 6.07) is 0. The Morgan fingerprint density at radius 1 is 1.16 bits per heavy atom. The molecule has 0 saturated heterocycles. The fourth-order valence-electron chi connectivity index (χ4n) is 4.30. The number of carbonyl (C=O) groups is 1. The molecule has 25 heavy (non-hydrogen) atoms. The second-order valence-electron chi connectivity index (χ2n) is 9.83. The third kappa shape index (κ3) is 3.50. The van der Waals surface area contributed by atoms with E-state index in [0.717, 1.165) is 6.42 Å². The average Bonchev–Trinajstić information content (AvgIpc) is 2.99. The van der Waals surface area contributed by atoms with Gasteiger partial charge in [0.2, 0.25) is 0 Å². The van der Waals surface area contributed by atoms with Crippen molar-refractivity contribution in [3.63, 3.8) is 0 Å². The van der Waals surface area contributed by atoms with Gasteiger partial charge in [0, 0.05) is 6.42 Å². The van der Waals surface area contributed by atoms with Gasteiger partial charge in [0.05, 0.1) is 6.10 Å². The van der Waals surface area contributed by atoms with Gasteiger partial charge in [0.25, 0.3) is 0 Å². The van der Waals surface area contributed by atoms with E-state index in [9.17, 15) is 4.79 Å². The molecule has 0 fully saturated rings. The Balaban J connectivity index is 2.01. The Labute approximate surface area is 154 Å². The molecule has 3 atom stereocenters. The van der Waals surface area contributed by atoms with E-state index in [0.29, 0.717) is 18.3 Å². The fraction of sp³-hybridized carbons (Fsp3) is 0.682. The zero-order chi connectivity index (χ0) is 18.6. The van der Waals surface area contributed by atoms with Crippen LogP contribution in [-0.4, -0.2) is 20.2 Å². The molecule has 0 N–H and O–H groups in total. The van der Waals surface area contributed by atoms with Crippen LogP contribution in [0.3, 0.4) is 0 Å². The number of hydrogen-bond acceptors (Lipinski definition) is 2. The molecule has 0 bridgehead atoms. The highest BCUT2D eigenvalue weighted by Gasteiger charge is 2.43. The van der Waals surface area contributed by atoms with Crippen LogP contribution in [0, 0.1) is 11.8 Å². The zero-order valence-corrected chi connectivity index (χ0v) is 18.0. The van der Waals surface area contributed by atoms with Crippen molar-refractivity contribution < 1.29 is 9.22 Å². The van der Waals surface area contributed by atoms with Crippen LogP contribution in [0.15, 0.2) is 34.4 Å². The van der Waals surface area contributed by atoms with E-state index in [-0.39, 0.29) is 16.9 Å². The molecular weight excluding hydrogens is 324 g/mol. The van der Waals surface area contributed by atoms with Crippen LogP contribution < -0.4 is 0 Å². The van der Waals surface area contributed by atoms with Gasteiger partial charge in [-0.25, -0.2) is 0 Å². The smallest absolute Gasteiger partial charge is 0.192 e. The van der Waals surface area contributed by atoms with E-state index in [4.69, 9.17) is 4.43 Å². The maximum atomic E-state index is 12.1. The summed E-state index contributed by atoms with van der Waals surface area (Å²) in [6.45, 7) is 16.2. The SMILES string of the molecule is CC1=C2CC3=CC(=O)C/C3=C/[C@@H](O[Si](C)(C)C(C)(C)C)[C@H](C)[C@@H]2CC1. The second kappa shape index (κ2) is 6.35. The van der Waals surface area contributed by atoms with Gasteiger partial charge in [-0.15, -0.1) is 0 Å². The largest absolute Gasteiger partial charge is 0.410 e. The lowest BCUT2D eigenvalue weighted by Gasteiger charge is -2.42. The number of carbonyl (C=O) groups excluding carboxylic acids is 1. The molecule has 3 rings (SSSR count). The summed E-state index contributed by atoms with van der Waals surface area (Å²) < 4.78 is 6.88. The van der Waals surface area contributed by atoms with Gasteiger partial charge in [-0.3, -0.25) is 4.79 Å². The van der Waals surface area contributed by atoms with Crippen LogP contribution in [0.4, 0.5) is 0 Å². The van der Waals surface area contributed by atoms with Crippen molar-refractivity contribution in [2.75, 3.05) is 0 Å². The van der Waals surface area contributed by atoms with Crippen LogP contribution >= 0.6 is 0 Å². The minimum absolute atomic E-state index is 0.122. The number of hydrogen-bond donors (Lipinski definition) is 0. The van der Waals surface area contributed by atoms with Gasteiger partial charge in [0.1, 0.15) is 0 Å². The Kier molecular flexibility index (Phi) is 4.78. The minimum Gasteiger partial charge on any atom is -0.410 e. The van der Waals surface area contributed by atoms with Crippen molar-refractivity contribution in [2.24, 2.45) is 11.8 Å². The molecule has 0 unspecified atom stereocenters. The second-order valence-corrected chi connectivity index (χ2v) is 14.6. The van der Waals surface area contributed by atoms with Crippen molar-refractivity contribution in [1.82, 2.24) is 0 Å². The lowest BCUT2D eigenvalue weighted by Crippen LogP contribution is -2.46. The van der Waals surface area contributed by atoms with Gasteiger partial charge in [-0.2, -0.15) is 0 Å².